The number of nitrogens with zero attached hydrogens (tertiary/aromatic N) is 5. The quantitative estimate of drug-likeness (QED) is 0.734. The fourth-order valence-electron chi connectivity index (χ4n) is 3.87. The number of hydrogen-bond donors (Lipinski definition) is 0. The molecule has 0 spiro atoms. The summed E-state index contributed by atoms with van der Waals surface area (Å²) in [5.74, 6) is 0.783. The van der Waals surface area contributed by atoms with E-state index in [0.29, 0.717) is 0 Å². The topological polar surface area (TPSA) is 46.3 Å². The molecule has 4 heterocycles. The van der Waals surface area contributed by atoms with Gasteiger partial charge in [-0.05, 0) is 75.9 Å². The lowest BCUT2D eigenvalue weighted by Crippen LogP contribution is -2.33. The molecule has 0 aromatic carbocycles. The van der Waals surface area contributed by atoms with Gasteiger partial charge in [0.15, 0.2) is 5.65 Å². The van der Waals surface area contributed by atoms with Crippen molar-refractivity contribution in [2.24, 2.45) is 5.92 Å². The lowest BCUT2D eigenvalue weighted by Gasteiger charge is -2.31. The van der Waals surface area contributed by atoms with Crippen molar-refractivity contribution in [1.29, 1.82) is 0 Å². The molecule has 0 bridgehead atoms. The van der Waals surface area contributed by atoms with E-state index in [0.717, 1.165) is 42.6 Å². The lowest BCUT2D eigenvalue weighted by molar-refractivity contribution is 0.177. The van der Waals surface area contributed by atoms with Crippen molar-refractivity contribution >= 4 is 5.65 Å². The summed E-state index contributed by atoms with van der Waals surface area (Å²) in [7, 11) is 0. The first-order chi connectivity index (χ1) is 12.2. The maximum atomic E-state index is 4.70. The third kappa shape index (κ3) is 3.56. The molecule has 1 aliphatic rings. The monoisotopic (exact) mass is 335 g/mol. The number of aromatic nitrogens is 4. The van der Waals surface area contributed by atoms with Crippen LogP contribution in [0.25, 0.3) is 5.65 Å². The summed E-state index contributed by atoms with van der Waals surface area (Å²) in [5.41, 5.74) is 5.86. The van der Waals surface area contributed by atoms with Crippen LogP contribution < -0.4 is 0 Å². The molecule has 0 amide bonds. The molecular weight excluding hydrogens is 310 g/mol. The van der Waals surface area contributed by atoms with E-state index >= 15 is 0 Å². The van der Waals surface area contributed by atoms with Crippen molar-refractivity contribution in [1.82, 2.24) is 24.5 Å². The second kappa shape index (κ2) is 6.92. The van der Waals surface area contributed by atoms with Gasteiger partial charge in [-0.15, -0.1) is 0 Å². The van der Waals surface area contributed by atoms with Crippen molar-refractivity contribution in [3.63, 3.8) is 0 Å². The third-order valence-electron chi connectivity index (χ3n) is 5.23. The Morgan fingerprint density at radius 2 is 1.88 bits per heavy atom. The van der Waals surface area contributed by atoms with Crippen molar-refractivity contribution in [2.45, 2.75) is 39.7 Å². The molecule has 5 heteroatoms. The summed E-state index contributed by atoms with van der Waals surface area (Å²) in [6.07, 6.45) is 9.46. The summed E-state index contributed by atoms with van der Waals surface area (Å²) in [4.78, 5) is 11.3. The minimum Gasteiger partial charge on any atom is -0.299 e. The van der Waals surface area contributed by atoms with Gasteiger partial charge < -0.3 is 0 Å². The molecule has 4 rings (SSSR count). The van der Waals surface area contributed by atoms with E-state index in [4.69, 9.17) is 4.98 Å². The second-order valence-electron chi connectivity index (χ2n) is 7.22. The van der Waals surface area contributed by atoms with Crippen LogP contribution >= 0.6 is 0 Å². The number of likely N-dealkylation sites (tertiary alicyclic amines) is 1. The van der Waals surface area contributed by atoms with Crippen LogP contribution in [-0.2, 0) is 13.0 Å². The van der Waals surface area contributed by atoms with Crippen LogP contribution in [0.1, 0.15) is 35.4 Å². The number of piperidine rings is 1. The summed E-state index contributed by atoms with van der Waals surface area (Å²) in [6.45, 7) is 7.38. The molecule has 0 atom stereocenters. The Morgan fingerprint density at radius 1 is 1.12 bits per heavy atom. The minimum atomic E-state index is 0.783. The first-order valence-corrected chi connectivity index (χ1v) is 9.11. The molecule has 3 aromatic rings. The zero-order chi connectivity index (χ0) is 17.2. The number of fused-ring (bicyclic) bond motifs is 1. The Balaban J connectivity index is 1.39. The summed E-state index contributed by atoms with van der Waals surface area (Å²) < 4.78 is 1.96. The van der Waals surface area contributed by atoms with Crippen molar-refractivity contribution in [2.75, 3.05) is 13.1 Å². The highest BCUT2D eigenvalue weighted by Crippen LogP contribution is 2.23. The van der Waals surface area contributed by atoms with Crippen LogP contribution in [0.5, 0.6) is 0 Å². The Kier molecular flexibility index (Phi) is 4.49. The zero-order valence-electron chi connectivity index (χ0n) is 15.0. The second-order valence-corrected chi connectivity index (χ2v) is 7.22. The molecule has 1 aliphatic heterocycles. The van der Waals surface area contributed by atoms with Gasteiger partial charge >= 0.3 is 0 Å². The van der Waals surface area contributed by atoms with Crippen molar-refractivity contribution < 1.29 is 0 Å². The first-order valence-electron chi connectivity index (χ1n) is 9.11. The Hall–Kier alpha value is -2.27. The highest BCUT2D eigenvalue weighted by Gasteiger charge is 2.21. The standard InChI is InChI=1S/C20H25N5/c1-15-11-16(2)25-20(23-15)19(13-22-25)14-24-9-5-18(6-10-24)12-17-3-7-21-8-4-17/h3-4,7-8,11,13,18H,5-6,9-10,12,14H2,1-2H3. The Labute approximate surface area is 148 Å². The largest absolute Gasteiger partial charge is 0.299 e. The van der Waals surface area contributed by atoms with Gasteiger partial charge in [-0.1, -0.05) is 0 Å². The van der Waals surface area contributed by atoms with Crippen LogP contribution in [-0.4, -0.2) is 37.6 Å². The van der Waals surface area contributed by atoms with Gasteiger partial charge in [0, 0.05) is 35.9 Å². The summed E-state index contributed by atoms with van der Waals surface area (Å²) in [5, 5.41) is 4.52. The average Bonchev–Trinajstić information content (AvgIpc) is 3.01. The van der Waals surface area contributed by atoms with Crippen molar-refractivity contribution in [3.8, 4) is 0 Å². The van der Waals surface area contributed by atoms with Gasteiger partial charge in [-0.3, -0.25) is 9.88 Å². The molecule has 0 N–H and O–H groups in total. The van der Waals surface area contributed by atoms with E-state index in [1.165, 1.54) is 30.4 Å². The van der Waals surface area contributed by atoms with Gasteiger partial charge in [0.1, 0.15) is 0 Å². The van der Waals surface area contributed by atoms with Gasteiger partial charge in [-0.25, -0.2) is 9.50 Å². The third-order valence-corrected chi connectivity index (χ3v) is 5.23. The molecule has 130 valence electrons. The van der Waals surface area contributed by atoms with Crippen molar-refractivity contribution in [3.05, 3.63) is 59.3 Å². The molecule has 0 radical (unpaired) electrons. The highest BCUT2D eigenvalue weighted by molar-refractivity contribution is 5.47. The summed E-state index contributed by atoms with van der Waals surface area (Å²) >= 11 is 0. The molecule has 3 aromatic heterocycles. The smallest absolute Gasteiger partial charge is 0.159 e. The summed E-state index contributed by atoms with van der Waals surface area (Å²) in [6, 6.07) is 6.36. The minimum absolute atomic E-state index is 0.783. The lowest BCUT2D eigenvalue weighted by atomic mass is 9.90. The maximum Gasteiger partial charge on any atom is 0.159 e. The number of pyridine rings is 1. The highest BCUT2D eigenvalue weighted by atomic mass is 15.3. The fraction of sp³-hybridized carbons (Fsp3) is 0.450. The molecule has 1 fully saturated rings. The molecule has 25 heavy (non-hydrogen) atoms. The number of hydrogen-bond acceptors (Lipinski definition) is 4. The predicted molar refractivity (Wildman–Crippen MR) is 98.4 cm³/mol. The SMILES string of the molecule is Cc1cc(C)n2ncc(CN3CCC(Cc4ccncc4)CC3)c2n1. The van der Waals surface area contributed by atoms with Crippen LogP contribution in [0.2, 0.25) is 0 Å². The van der Waals surface area contributed by atoms with Crippen LogP contribution in [0.3, 0.4) is 0 Å². The van der Waals surface area contributed by atoms with Gasteiger partial charge in [0.05, 0.1) is 6.20 Å². The average molecular weight is 335 g/mol. The molecule has 0 aliphatic carbocycles. The van der Waals surface area contributed by atoms with E-state index in [2.05, 4.69) is 40.1 Å². The molecule has 1 saturated heterocycles. The van der Waals surface area contributed by atoms with Crippen LogP contribution in [0, 0.1) is 19.8 Å². The fourth-order valence-corrected chi connectivity index (χ4v) is 3.87. The normalized spacial score (nSPS) is 16.6. The van der Waals surface area contributed by atoms with E-state index < -0.39 is 0 Å². The van der Waals surface area contributed by atoms with Crippen LogP contribution in [0.15, 0.2) is 36.8 Å². The molecule has 5 nitrogen and oxygen atoms in total. The zero-order valence-corrected chi connectivity index (χ0v) is 15.0. The van der Waals surface area contributed by atoms with E-state index in [1.54, 1.807) is 0 Å². The van der Waals surface area contributed by atoms with E-state index in [9.17, 15) is 0 Å². The van der Waals surface area contributed by atoms with Crippen LogP contribution in [0.4, 0.5) is 0 Å². The van der Waals surface area contributed by atoms with Gasteiger partial charge in [0.25, 0.3) is 0 Å². The molecule has 0 saturated carbocycles. The first kappa shape index (κ1) is 16.2. The van der Waals surface area contributed by atoms with E-state index in [1.807, 2.05) is 30.0 Å². The number of aryl methyl sites for hydroxylation is 2. The van der Waals surface area contributed by atoms with E-state index in [-0.39, 0.29) is 0 Å². The number of rotatable bonds is 4. The molecule has 0 unspecified atom stereocenters. The molecular formula is C20H25N5. The van der Waals surface area contributed by atoms with Gasteiger partial charge in [0.2, 0.25) is 0 Å². The maximum absolute atomic E-state index is 4.70. The Bertz CT molecular complexity index is 847. The van der Waals surface area contributed by atoms with Gasteiger partial charge in [-0.2, -0.15) is 5.10 Å². The predicted octanol–water partition coefficient (Wildman–Crippen LogP) is 3.20. The Morgan fingerprint density at radius 3 is 2.64 bits per heavy atom.